The maximum Gasteiger partial charge on any atom is 0.225 e. The van der Waals surface area contributed by atoms with Crippen molar-refractivity contribution in [1.29, 1.82) is 0 Å². The van der Waals surface area contributed by atoms with Crippen molar-refractivity contribution >= 4 is 5.91 Å². The smallest absolute Gasteiger partial charge is 0.225 e. The fourth-order valence-corrected chi connectivity index (χ4v) is 2.86. The number of amides is 1. The summed E-state index contributed by atoms with van der Waals surface area (Å²) in [6.45, 7) is 15.0. The van der Waals surface area contributed by atoms with Crippen LogP contribution in [0.15, 0.2) is 0 Å². The Hall–Kier alpha value is -0.610. The van der Waals surface area contributed by atoms with E-state index in [0.29, 0.717) is 13.0 Å². The van der Waals surface area contributed by atoms with Crippen molar-refractivity contribution in [3.63, 3.8) is 0 Å². The molecule has 0 aromatic carbocycles. The van der Waals surface area contributed by atoms with Gasteiger partial charge in [0.25, 0.3) is 0 Å². The van der Waals surface area contributed by atoms with Crippen molar-refractivity contribution in [2.24, 2.45) is 11.3 Å². The summed E-state index contributed by atoms with van der Waals surface area (Å²) in [7, 11) is 0. The fourth-order valence-electron chi connectivity index (χ4n) is 2.86. The second-order valence-electron chi connectivity index (χ2n) is 8.14. The number of hydrogen-bond acceptors (Lipinski definition) is 3. The van der Waals surface area contributed by atoms with E-state index in [9.17, 15) is 10.0 Å². The van der Waals surface area contributed by atoms with E-state index in [0.717, 1.165) is 6.42 Å². The molecule has 1 aliphatic heterocycles. The Kier molecular flexibility index (Phi) is 4.38. The number of hydrogen-bond donors (Lipinski definition) is 2. The molecular weight excluding hydrogens is 240 g/mol. The summed E-state index contributed by atoms with van der Waals surface area (Å²) in [5, 5.41) is 14.6. The van der Waals surface area contributed by atoms with Gasteiger partial charge < -0.3 is 10.5 Å². The molecular formula is C15H30N2O2. The molecule has 1 fully saturated rings. The average Bonchev–Trinajstić information content (AvgIpc) is 2.37. The van der Waals surface area contributed by atoms with Crippen LogP contribution in [0.25, 0.3) is 0 Å². The van der Waals surface area contributed by atoms with Gasteiger partial charge in [-0.25, -0.2) is 0 Å². The van der Waals surface area contributed by atoms with E-state index >= 15 is 0 Å². The van der Waals surface area contributed by atoms with Crippen molar-refractivity contribution in [3.8, 4) is 0 Å². The Bertz CT molecular complexity index is 343. The quantitative estimate of drug-likeness (QED) is 0.829. The van der Waals surface area contributed by atoms with E-state index in [4.69, 9.17) is 0 Å². The van der Waals surface area contributed by atoms with Gasteiger partial charge in [0.05, 0.1) is 11.5 Å². The summed E-state index contributed by atoms with van der Waals surface area (Å²) in [5.41, 5.74) is -0.647. The Labute approximate surface area is 117 Å². The first-order valence-electron chi connectivity index (χ1n) is 7.15. The van der Waals surface area contributed by atoms with Gasteiger partial charge in [0.1, 0.15) is 0 Å². The normalized spacial score (nSPS) is 26.4. The maximum atomic E-state index is 12.3. The number of rotatable bonds is 3. The molecule has 112 valence electrons. The van der Waals surface area contributed by atoms with Crippen LogP contribution in [-0.2, 0) is 4.79 Å². The minimum Gasteiger partial charge on any atom is -0.356 e. The average molecular weight is 270 g/mol. The van der Waals surface area contributed by atoms with Gasteiger partial charge in [-0.1, -0.05) is 20.8 Å². The highest BCUT2D eigenvalue weighted by molar-refractivity contribution is 5.80. The molecule has 1 unspecified atom stereocenters. The molecule has 4 heteroatoms. The lowest BCUT2D eigenvalue weighted by Crippen LogP contribution is -2.50. The standard InChI is InChI=1S/C15H30N2O2/c1-13(2,3)8-9-16-12(18)11-10-14(4,5)17(19)15(11,6)7/h11,19H,8-10H2,1-7H3,(H,16,18). The largest absolute Gasteiger partial charge is 0.356 e. The lowest BCUT2D eigenvalue weighted by atomic mass is 9.86. The van der Waals surface area contributed by atoms with Crippen LogP contribution in [0.5, 0.6) is 0 Å². The molecule has 1 amide bonds. The van der Waals surface area contributed by atoms with Crippen LogP contribution in [0.3, 0.4) is 0 Å². The zero-order chi connectivity index (χ0) is 15.1. The van der Waals surface area contributed by atoms with Gasteiger partial charge >= 0.3 is 0 Å². The van der Waals surface area contributed by atoms with E-state index in [2.05, 4.69) is 26.1 Å². The van der Waals surface area contributed by atoms with Gasteiger partial charge in [0.15, 0.2) is 0 Å². The number of carbonyl (C=O) groups is 1. The summed E-state index contributed by atoms with van der Waals surface area (Å²) in [5.74, 6) is -0.119. The van der Waals surface area contributed by atoms with E-state index < -0.39 is 5.54 Å². The highest BCUT2D eigenvalue weighted by Gasteiger charge is 2.54. The first-order chi connectivity index (χ1) is 8.38. The Morgan fingerprint density at radius 1 is 1.32 bits per heavy atom. The van der Waals surface area contributed by atoms with Gasteiger partial charge in [-0.3, -0.25) is 4.79 Å². The molecule has 0 bridgehead atoms. The number of hydroxylamine groups is 2. The maximum absolute atomic E-state index is 12.3. The minimum atomic E-state index is -0.519. The van der Waals surface area contributed by atoms with Gasteiger partial charge in [0, 0.05) is 12.1 Å². The first kappa shape index (κ1) is 16.4. The molecule has 1 heterocycles. The minimum absolute atomic E-state index is 0.0545. The van der Waals surface area contributed by atoms with Crippen molar-refractivity contribution in [1.82, 2.24) is 10.4 Å². The summed E-state index contributed by atoms with van der Waals surface area (Å²) < 4.78 is 0. The van der Waals surface area contributed by atoms with Gasteiger partial charge in [-0.05, 0) is 46.0 Å². The lowest BCUT2D eigenvalue weighted by molar-refractivity contribution is -0.197. The number of carbonyl (C=O) groups excluding carboxylic acids is 1. The highest BCUT2D eigenvalue weighted by Crippen LogP contribution is 2.43. The third-order valence-electron chi connectivity index (χ3n) is 4.17. The first-order valence-corrected chi connectivity index (χ1v) is 7.15. The van der Waals surface area contributed by atoms with Crippen LogP contribution < -0.4 is 5.32 Å². The van der Waals surface area contributed by atoms with E-state index in [1.165, 1.54) is 5.06 Å². The molecule has 2 N–H and O–H groups in total. The number of nitrogens with one attached hydrogen (secondary N) is 1. The monoisotopic (exact) mass is 270 g/mol. The summed E-state index contributed by atoms with van der Waals surface area (Å²) in [4.78, 5) is 12.3. The summed E-state index contributed by atoms with van der Waals surface area (Å²) in [6.07, 6.45) is 1.63. The third-order valence-corrected chi connectivity index (χ3v) is 4.17. The van der Waals surface area contributed by atoms with Crippen molar-refractivity contribution in [3.05, 3.63) is 0 Å². The van der Waals surface area contributed by atoms with E-state index in [-0.39, 0.29) is 22.8 Å². The van der Waals surface area contributed by atoms with Gasteiger partial charge in [0.2, 0.25) is 5.91 Å². The van der Waals surface area contributed by atoms with Gasteiger partial charge in [-0.15, -0.1) is 0 Å². The van der Waals surface area contributed by atoms with Gasteiger partial charge in [-0.2, -0.15) is 5.06 Å². The molecule has 1 saturated heterocycles. The third kappa shape index (κ3) is 3.69. The molecule has 1 rings (SSSR count). The predicted octanol–water partition coefficient (Wildman–Crippen LogP) is 2.81. The number of nitrogens with zero attached hydrogens (tertiary/aromatic N) is 1. The van der Waals surface area contributed by atoms with E-state index in [1.54, 1.807) is 0 Å². The van der Waals surface area contributed by atoms with Crippen molar-refractivity contribution in [2.45, 2.75) is 72.4 Å². The van der Waals surface area contributed by atoms with Crippen LogP contribution in [-0.4, -0.2) is 33.8 Å². The molecule has 1 aliphatic rings. The molecule has 0 saturated carbocycles. The molecule has 0 aromatic heterocycles. The molecule has 19 heavy (non-hydrogen) atoms. The Morgan fingerprint density at radius 3 is 2.21 bits per heavy atom. The van der Waals surface area contributed by atoms with Crippen molar-refractivity contribution in [2.75, 3.05) is 6.54 Å². The zero-order valence-corrected chi connectivity index (χ0v) is 13.5. The summed E-state index contributed by atoms with van der Waals surface area (Å²) in [6, 6.07) is 0. The lowest BCUT2D eigenvalue weighted by Gasteiger charge is -2.35. The Balaban J connectivity index is 2.63. The van der Waals surface area contributed by atoms with Crippen LogP contribution >= 0.6 is 0 Å². The van der Waals surface area contributed by atoms with Crippen LogP contribution in [0.1, 0.15) is 61.3 Å². The molecule has 0 spiro atoms. The van der Waals surface area contributed by atoms with Crippen LogP contribution in [0.4, 0.5) is 0 Å². The molecule has 0 aromatic rings. The second-order valence-corrected chi connectivity index (χ2v) is 8.14. The van der Waals surface area contributed by atoms with Crippen LogP contribution in [0.2, 0.25) is 0 Å². The predicted molar refractivity (Wildman–Crippen MR) is 77.0 cm³/mol. The SMILES string of the molecule is CC(C)(C)CCNC(=O)C1CC(C)(C)N(O)C1(C)C. The molecule has 1 atom stereocenters. The summed E-state index contributed by atoms with van der Waals surface area (Å²) >= 11 is 0. The second kappa shape index (κ2) is 5.06. The zero-order valence-electron chi connectivity index (χ0n) is 13.5. The highest BCUT2D eigenvalue weighted by atomic mass is 16.5. The Morgan fingerprint density at radius 2 is 1.84 bits per heavy atom. The van der Waals surface area contributed by atoms with Crippen LogP contribution in [0, 0.1) is 11.3 Å². The molecule has 0 aliphatic carbocycles. The van der Waals surface area contributed by atoms with E-state index in [1.807, 2.05) is 27.7 Å². The topological polar surface area (TPSA) is 52.6 Å². The fraction of sp³-hybridized carbons (Fsp3) is 0.933. The molecule has 0 radical (unpaired) electrons. The molecule has 4 nitrogen and oxygen atoms in total. The van der Waals surface area contributed by atoms with Crippen molar-refractivity contribution < 1.29 is 10.0 Å².